The minimum atomic E-state index is -3.04. The van der Waals surface area contributed by atoms with Crippen LogP contribution in [-0.2, 0) is 4.57 Å². The number of benzene rings is 2. The summed E-state index contributed by atoms with van der Waals surface area (Å²) in [6.45, 7) is 0. The fourth-order valence-corrected chi connectivity index (χ4v) is 6.18. The minimum Gasteiger partial charge on any atom is -0.420 e. The molecule has 1 heterocycles. The summed E-state index contributed by atoms with van der Waals surface area (Å²) in [4.78, 5) is 6.76. The monoisotopic (exact) mass is 412 g/mol. The summed E-state index contributed by atoms with van der Waals surface area (Å²) in [6, 6.07) is 19.7. The summed E-state index contributed by atoms with van der Waals surface area (Å²) in [5.74, 6) is 1.14. The fourth-order valence-electron chi connectivity index (χ4n) is 3.49. The zero-order chi connectivity index (χ0) is 21.2. The lowest BCUT2D eigenvalue weighted by Gasteiger charge is -2.36. The van der Waals surface area contributed by atoms with Gasteiger partial charge in [0.2, 0.25) is 19.2 Å². The maximum Gasteiger partial charge on any atom is 0.229 e. The quantitative estimate of drug-likeness (QED) is 0.519. The highest BCUT2D eigenvalue weighted by Crippen LogP contribution is 2.65. The van der Waals surface area contributed by atoms with E-state index in [1.54, 1.807) is 9.34 Å². The molecule has 154 valence electrons. The molecule has 0 N–H and O–H groups in total. The van der Waals surface area contributed by atoms with Crippen molar-refractivity contribution in [3.05, 3.63) is 71.9 Å². The summed E-state index contributed by atoms with van der Waals surface area (Å²) >= 11 is 0. The molecule has 1 unspecified atom stereocenters. The normalized spacial score (nSPS) is 13.1. The molecule has 3 rings (SSSR count). The second-order valence-electron chi connectivity index (χ2n) is 7.57. The number of rotatable bonds is 7. The van der Waals surface area contributed by atoms with E-state index >= 15 is 0 Å². The van der Waals surface area contributed by atoms with E-state index in [2.05, 4.69) is 0 Å². The topological polar surface area (TPSA) is 52.8 Å². The van der Waals surface area contributed by atoms with Crippen molar-refractivity contribution in [3.8, 4) is 11.5 Å². The predicted molar refractivity (Wildman–Crippen MR) is 120 cm³/mol. The van der Waals surface area contributed by atoms with Crippen molar-refractivity contribution in [3.63, 3.8) is 0 Å². The minimum absolute atomic E-state index is 0.465. The average Bonchev–Trinajstić information content (AvgIpc) is 3.14. The Balaban J connectivity index is 2.29. The van der Waals surface area contributed by atoms with Gasteiger partial charge in [-0.3, -0.25) is 4.57 Å². The number of nitrogens with zero attached hydrogens (tertiary/aromatic N) is 4. The van der Waals surface area contributed by atoms with Crippen molar-refractivity contribution in [2.45, 2.75) is 5.66 Å². The van der Waals surface area contributed by atoms with Crippen LogP contribution in [0.2, 0.25) is 0 Å². The molecule has 29 heavy (non-hydrogen) atoms. The number of aromatic nitrogens is 1. The van der Waals surface area contributed by atoms with Gasteiger partial charge in [0.1, 0.15) is 11.4 Å². The lowest BCUT2D eigenvalue weighted by molar-refractivity contribution is 0.438. The third-order valence-corrected chi connectivity index (χ3v) is 8.43. The zero-order valence-electron chi connectivity index (χ0n) is 17.9. The van der Waals surface area contributed by atoms with Crippen molar-refractivity contribution >= 4 is 13.3 Å². The largest absolute Gasteiger partial charge is 0.420 e. The van der Waals surface area contributed by atoms with Crippen LogP contribution in [0.4, 0.5) is 5.88 Å². The molecular formula is C22H29N4O2P. The standard InChI is InChI=1S/C22H29N4O2P/c1-24(2)22-19(23-21(28-22)18-15-11-8-12-16-18)20(17-13-9-7-10-14-17)29(27,25(3)4)26(5)6/h7-16,20H,1-6H3. The molecule has 0 saturated carbocycles. The number of hydrogen-bond acceptors (Lipinski definition) is 4. The van der Waals surface area contributed by atoms with Crippen molar-refractivity contribution in [2.75, 3.05) is 47.2 Å². The highest BCUT2D eigenvalue weighted by Gasteiger charge is 2.44. The van der Waals surface area contributed by atoms with Crippen LogP contribution in [0.15, 0.2) is 65.1 Å². The first-order valence-electron chi connectivity index (χ1n) is 9.50. The van der Waals surface area contributed by atoms with Crippen LogP contribution in [0.1, 0.15) is 16.9 Å². The van der Waals surface area contributed by atoms with Gasteiger partial charge in [-0.2, -0.15) is 0 Å². The Bertz CT molecular complexity index is 973. The Morgan fingerprint density at radius 3 is 1.83 bits per heavy atom. The second kappa shape index (κ2) is 8.54. The zero-order valence-corrected chi connectivity index (χ0v) is 18.8. The molecule has 0 radical (unpaired) electrons. The Hall–Kier alpha value is -2.40. The maximum absolute atomic E-state index is 14.4. The van der Waals surface area contributed by atoms with Gasteiger partial charge in [-0.25, -0.2) is 14.3 Å². The summed E-state index contributed by atoms with van der Waals surface area (Å²) in [6.07, 6.45) is 0. The Morgan fingerprint density at radius 2 is 1.34 bits per heavy atom. The molecule has 6 nitrogen and oxygen atoms in total. The summed E-state index contributed by atoms with van der Waals surface area (Å²) in [5, 5.41) is 0. The van der Waals surface area contributed by atoms with Crippen LogP contribution < -0.4 is 4.90 Å². The maximum atomic E-state index is 14.4. The van der Waals surface area contributed by atoms with E-state index in [1.165, 1.54) is 0 Å². The molecule has 0 fully saturated rings. The van der Waals surface area contributed by atoms with Crippen LogP contribution in [0.5, 0.6) is 0 Å². The highest BCUT2D eigenvalue weighted by molar-refractivity contribution is 7.59. The van der Waals surface area contributed by atoms with Gasteiger partial charge in [-0.15, -0.1) is 0 Å². The lowest BCUT2D eigenvalue weighted by Crippen LogP contribution is -2.27. The van der Waals surface area contributed by atoms with Crippen LogP contribution in [0.3, 0.4) is 0 Å². The van der Waals surface area contributed by atoms with Crippen LogP contribution in [-0.4, -0.2) is 56.6 Å². The lowest BCUT2D eigenvalue weighted by atomic mass is 10.1. The summed E-state index contributed by atoms with van der Waals surface area (Å²) in [7, 11) is 8.19. The first-order chi connectivity index (χ1) is 13.8. The van der Waals surface area contributed by atoms with Crippen LogP contribution >= 0.6 is 7.44 Å². The van der Waals surface area contributed by atoms with E-state index in [4.69, 9.17) is 9.40 Å². The molecule has 3 aromatic rings. The van der Waals surface area contributed by atoms with E-state index in [0.29, 0.717) is 17.5 Å². The smallest absolute Gasteiger partial charge is 0.229 e. The summed E-state index contributed by atoms with van der Waals surface area (Å²) in [5.41, 5.74) is 2.03. The number of anilines is 1. The van der Waals surface area contributed by atoms with Crippen molar-refractivity contribution in [2.24, 2.45) is 0 Å². The van der Waals surface area contributed by atoms with Gasteiger partial charge in [0, 0.05) is 19.7 Å². The first-order valence-corrected chi connectivity index (χ1v) is 11.2. The Morgan fingerprint density at radius 1 is 0.828 bits per heavy atom. The highest BCUT2D eigenvalue weighted by atomic mass is 31.2. The van der Waals surface area contributed by atoms with Crippen molar-refractivity contribution < 1.29 is 8.98 Å². The Kier molecular flexibility index (Phi) is 6.27. The van der Waals surface area contributed by atoms with Gasteiger partial charge in [-0.1, -0.05) is 48.5 Å². The van der Waals surface area contributed by atoms with Gasteiger partial charge in [0.15, 0.2) is 0 Å². The molecule has 7 heteroatoms. The van der Waals surface area contributed by atoms with Gasteiger partial charge < -0.3 is 9.32 Å². The molecule has 2 aromatic carbocycles. The van der Waals surface area contributed by atoms with Gasteiger partial charge in [0.25, 0.3) is 0 Å². The average molecular weight is 412 g/mol. The van der Waals surface area contributed by atoms with Gasteiger partial charge in [-0.05, 0) is 45.9 Å². The summed E-state index contributed by atoms with van der Waals surface area (Å²) < 4.78 is 24.2. The van der Waals surface area contributed by atoms with E-state index in [9.17, 15) is 4.57 Å². The van der Waals surface area contributed by atoms with Crippen LogP contribution in [0, 0.1) is 0 Å². The molecule has 0 spiro atoms. The molecule has 0 bridgehead atoms. The number of oxazole rings is 1. The van der Waals surface area contributed by atoms with Gasteiger partial charge in [0.05, 0.1) is 0 Å². The molecule has 1 aromatic heterocycles. The molecule has 0 aliphatic rings. The number of hydrogen-bond donors (Lipinski definition) is 0. The Labute approximate surface area is 173 Å². The SMILES string of the molecule is CN(C)c1oc(-c2ccccc2)nc1C(c1ccccc1)P(=O)(N(C)C)N(C)C. The predicted octanol–water partition coefficient (Wildman–Crippen LogP) is 4.81. The molecular weight excluding hydrogens is 383 g/mol. The fraction of sp³-hybridized carbons (Fsp3) is 0.318. The van der Waals surface area contributed by atoms with Gasteiger partial charge >= 0.3 is 0 Å². The first kappa shape index (κ1) is 21.3. The second-order valence-corrected chi connectivity index (χ2v) is 10.9. The van der Waals surface area contributed by atoms with E-state index < -0.39 is 13.1 Å². The molecule has 0 aliphatic carbocycles. The molecule has 0 aliphatic heterocycles. The van der Waals surface area contributed by atoms with Crippen molar-refractivity contribution in [1.29, 1.82) is 0 Å². The molecule has 1 atom stereocenters. The van der Waals surface area contributed by atoms with E-state index in [0.717, 1.165) is 11.1 Å². The third-order valence-electron chi connectivity index (χ3n) is 4.92. The van der Waals surface area contributed by atoms with E-state index in [1.807, 2.05) is 108 Å². The van der Waals surface area contributed by atoms with Crippen molar-refractivity contribution in [1.82, 2.24) is 14.3 Å². The third kappa shape index (κ3) is 4.01. The molecule has 0 saturated heterocycles. The molecule has 0 amide bonds. The van der Waals surface area contributed by atoms with E-state index in [-0.39, 0.29) is 0 Å². The van der Waals surface area contributed by atoms with Crippen LogP contribution in [0.25, 0.3) is 11.5 Å².